The third-order valence-corrected chi connectivity index (χ3v) is 7.04. The van der Waals surface area contributed by atoms with Gasteiger partial charge in [0.25, 0.3) is 0 Å². The van der Waals surface area contributed by atoms with Gasteiger partial charge in [-0.15, -0.1) is 0 Å². The summed E-state index contributed by atoms with van der Waals surface area (Å²) in [6, 6.07) is 11.9. The monoisotopic (exact) mass is 437 g/mol. The third-order valence-electron chi connectivity index (χ3n) is 5.35. The van der Waals surface area contributed by atoms with E-state index in [0.29, 0.717) is 16.5 Å². The van der Waals surface area contributed by atoms with Crippen molar-refractivity contribution < 1.29 is 17.9 Å². The molecule has 7 nitrogen and oxygen atoms in total. The molecule has 0 amide bonds. The van der Waals surface area contributed by atoms with Crippen molar-refractivity contribution in [3.63, 3.8) is 0 Å². The van der Waals surface area contributed by atoms with Gasteiger partial charge in [0.2, 0.25) is 16.8 Å². The van der Waals surface area contributed by atoms with Crippen molar-refractivity contribution >= 4 is 21.6 Å². The Morgan fingerprint density at radius 3 is 2.45 bits per heavy atom. The highest BCUT2D eigenvalue weighted by molar-refractivity contribution is 7.89. The van der Waals surface area contributed by atoms with E-state index in [2.05, 4.69) is 21.6 Å². The zero-order valence-corrected chi connectivity index (χ0v) is 17.7. The van der Waals surface area contributed by atoms with Crippen molar-refractivity contribution in [1.82, 2.24) is 14.5 Å². The van der Waals surface area contributed by atoms with Crippen LogP contribution in [0, 0.1) is 0 Å². The van der Waals surface area contributed by atoms with Crippen molar-refractivity contribution in [3.05, 3.63) is 53.1 Å². The van der Waals surface area contributed by atoms with E-state index < -0.39 is 10.0 Å². The van der Waals surface area contributed by atoms with Crippen LogP contribution in [0.2, 0.25) is 5.02 Å². The molecule has 2 aliphatic rings. The summed E-state index contributed by atoms with van der Waals surface area (Å²) in [5.41, 5.74) is 0.998. The fourth-order valence-electron chi connectivity index (χ4n) is 3.60. The molecule has 29 heavy (non-hydrogen) atoms. The van der Waals surface area contributed by atoms with E-state index in [-0.39, 0.29) is 24.3 Å². The van der Waals surface area contributed by atoms with Gasteiger partial charge in [-0.05, 0) is 49.0 Å². The quantitative estimate of drug-likeness (QED) is 0.748. The number of nitrogens with zero attached hydrogens (tertiary/aromatic N) is 2. The smallest absolute Gasteiger partial charge is 0.240 e. The van der Waals surface area contributed by atoms with Crippen molar-refractivity contribution in [2.75, 3.05) is 46.6 Å². The summed E-state index contributed by atoms with van der Waals surface area (Å²) >= 11 is 5.88. The van der Waals surface area contributed by atoms with Gasteiger partial charge in [-0.1, -0.05) is 17.7 Å². The van der Waals surface area contributed by atoms with E-state index in [4.69, 9.17) is 21.1 Å². The van der Waals surface area contributed by atoms with Crippen LogP contribution in [0.15, 0.2) is 47.4 Å². The number of sulfonamides is 1. The Bertz CT molecular complexity index is 960. The number of ether oxygens (including phenoxy) is 2. The summed E-state index contributed by atoms with van der Waals surface area (Å²) in [5, 5.41) is 0.500. The number of halogens is 1. The average Bonchev–Trinajstić information content (AvgIpc) is 3.18. The normalized spacial score (nSPS) is 18.7. The summed E-state index contributed by atoms with van der Waals surface area (Å²) in [4.78, 5) is 4.78. The Hall–Kier alpha value is -1.84. The van der Waals surface area contributed by atoms with Gasteiger partial charge in [0, 0.05) is 43.8 Å². The predicted molar refractivity (Wildman–Crippen MR) is 111 cm³/mol. The largest absolute Gasteiger partial charge is 0.454 e. The van der Waals surface area contributed by atoms with E-state index in [9.17, 15) is 8.42 Å². The van der Waals surface area contributed by atoms with Gasteiger partial charge in [-0.2, -0.15) is 0 Å². The highest BCUT2D eigenvalue weighted by Crippen LogP contribution is 2.35. The molecule has 2 aromatic rings. The van der Waals surface area contributed by atoms with E-state index >= 15 is 0 Å². The highest BCUT2D eigenvalue weighted by Gasteiger charge is 2.27. The highest BCUT2D eigenvalue weighted by atomic mass is 35.5. The third kappa shape index (κ3) is 4.67. The number of benzene rings is 2. The van der Waals surface area contributed by atoms with Crippen LogP contribution in [-0.4, -0.2) is 64.8 Å². The molecule has 2 aliphatic heterocycles. The Kier molecular flexibility index (Phi) is 5.98. The summed E-state index contributed by atoms with van der Waals surface area (Å²) < 4.78 is 39.3. The molecule has 9 heteroatoms. The van der Waals surface area contributed by atoms with Gasteiger partial charge in [0.15, 0.2) is 11.5 Å². The SMILES string of the molecule is CN1CCN(C(CNS(=O)(=O)c2ccc(Cl)cc2)c2ccc3c(c2)OCO3)CC1. The molecule has 1 fully saturated rings. The number of likely N-dealkylation sites (N-methyl/N-ethyl adjacent to an activating group) is 1. The number of nitrogens with one attached hydrogen (secondary N) is 1. The van der Waals surface area contributed by atoms with Gasteiger partial charge >= 0.3 is 0 Å². The minimum atomic E-state index is -3.64. The standard InChI is InChI=1S/C20H24ClN3O4S/c1-23-8-10-24(11-9-23)18(15-2-7-19-20(12-15)28-14-27-19)13-22-29(25,26)17-5-3-16(21)4-6-17/h2-7,12,18,22H,8-11,13-14H2,1H3. The zero-order valence-electron chi connectivity index (χ0n) is 16.2. The van der Waals surface area contributed by atoms with Gasteiger partial charge in [-0.3, -0.25) is 4.90 Å². The number of hydrogen-bond donors (Lipinski definition) is 1. The average molecular weight is 438 g/mol. The van der Waals surface area contributed by atoms with Crippen molar-refractivity contribution in [3.8, 4) is 11.5 Å². The van der Waals surface area contributed by atoms with Gasteiger partial charge in [0.05, 0.1) is 4.90 Å². The maximum atomic E-state index is 12.8. The van der Waals surface area contributed by atoms with Crippen LogP contribution in [0.25, 0.3) is 0 Å². The molecule has 1 N–H and O–H groups in total. The molecular weight excluding hydrogens is 414 g/mol. The van der Waals surface area contributed by atoms with Crippen LogP contribution in [0.1, 0.15) is 11.6 Å². The molecule has 1 unspecified atom stereocenters. The van der Waals surface area contributed by atoms with Crippen molar-refractivity contribution in [2.45, 2.75) is 10.9 Å². The van der Waals surface area contributed by atoms with Crippen LogP contribution in [-0.2, 0) is 10.0 Å². The second-order valence-corrected chi connectivity index (χ2v) is 9.48. The topological polar surface area (TPSA) is 71.1 Å². The maximum Gasteiger partial charge on any atom is 0.240 e. The Labute approximate surface area is 176 Å². The molecule has 0 saturated carbocycles. The second-order valence-electron chi connectivity index (χ2n) is 7.27. The molecule has 0 radical (unpaired) electrons. The lowest BCUT2D eigenvalue weighted by Crippen LogP contribution is -2.48. The van der Waals surface area contributed by atoms with Gasteiger partial charge < -0.3 is 14.4 Å². The molecule has 0 aromatic heterocycles. The molecule has 0 aliphatic carbocycles. The number of fused-ring (bicyclic) bond motifs is 1. The predicted octanol–water partition coefficient (Wildman–Crippen LogP) is 2.34. The van der Waals surface area contributed by atoms with Crippen LogP contribution < -0.4 is 14.2 Å². The molecule has 2 aromatic carbocycles. The molecule has 4 rings (SSSR count). The van der Waals surface area contributed by atoms with Crippen LogP contribution >= 0.6 is 11.6 Å². The van der Waals surface area contributed by atoms with E-state index in [1.165, 1.54) is 12.1 Å². The first-order valence-corrected chi connectivity index (χ1v) is 11.4. The van der Waals surface area contributed by atoms with E-state index in [1.807, 2.05) is 18.2 Å². The summed E-state index contributed by atoms with van der Waals surface area (Å²) in [6.07, 6.45) is 0. The Morgan fingerprint density at radius 1 is 1.03 bits per heavy atom. The Morgan fingerprint density at radius 2 is 1.72 bits per heavy atom. The molecular formula is C20H24ClN3O4S. The fourth-order valence-corrected chi connectivity index (χ4v) is 4.76. The maximum absolute atomic E-state index is 12.8. The van der Waals surface area contributed by atoms with Gasteiger partial charge in [0.1, 0.15) is 0 Å². The summed E-state index contributed by atoms with van der Waals surface area (Å²) in [7, 11) is -1.55. The zero-order chi connectivity index (χ0) is 20.4. The lowest BCUT2D eigenvalue weighted by Gasteiger charge is -2.38. The summed E-state index contributed by atoms with van der Waals surface area (Å²) in [5.74, 6) is 1.41. The molecule has 1 saturated heterocycles. The lowest BCUT2D eigenvalue weighted by molar-refractivity contribution is 0.112. The number of hydrogen-bond acceptors (Lipinski definition) is 6. The minimum absolute atomic E-state index is 0.111. The molecule has 0 spiro atoms. The minimum Gasteiger partial charge on any atom is -0.454 e. The van der Waals surface area contributed by atoms with Crippen molar-refractivity contribution in [2.24, 2.45) is 0 Å². The van der Waals surface area contributed by atoms with E-state index in [1.54, 1.807) is 12.1 Å². The first-order valence-electron chi connectivity index (χ1n) is 9.50. The first-order chi connectivity index (χ1) is 13.9. The summed E-state index contributed by atoms with van der Waals surface area (Å²) in [6.45, 7) is 4.06. The fraction of sp³-hybridized carbons (Fsp3) is 0.400. The van der Waals surface area contributed by atoms with Crippen molar-refractivity contribution in [1.29, 1.82) is 0 Å². The van der Waals surface area contributed by atoms with Crippen LogP contribution in [0.3, 0.4) is 0 Å². The van der Waals surface area contributed by atoms with Crippen LogP contribution in [0.4, 0.5) is 0 Å². The molecule has 1 atom stereocenters. The van der Waals surface area contributed by atoms with Gasteiger partial charge in [-0.25, -0.2) is 13.1 Å². The first kappa shape index (κ1) is 20.4. The van der Waals surface area contributed by atoms with E-state index in [0.717, 1.165) is 31.7 Å². The molecule has 0 bridgehead atoms. The molecule has 2 heterocycles. The number of piperazine rings is 1. The number of rotatable bonds is 6. The van der Waals surface area contributed by atoms with Crippen LogP contribution in [0.5, 0.6) is 11.5 Å². The second kappa shape index (κ2) is 8.49. The Balaban J connectivity index is 1.56. The lowest BCUT2D eigenvalue weighted by atomic mass is 10.0. The molecule has 156 valence electrons.